The largest absolute Gasteiger partial charge is 0.573 e. The van der Waals surface area contributed by atoms with Crippen molar-refractivity contribution in [2.75, 3.05) is 21.1 Å². The Morgan fingerprint density at radius 1 is 1.16 bits per heavy atom. The zero-order valence-corrected chi connectivity index (χ0v) is 20.3. The lowest BCUT2D eigenvalue weighted by Gasteiger charge is -2.15. The Balaban J connectivity index is 0.00000363. The summed E-state index contributed by atoms with van der Waals surface area (Å²) in [5.41, 5.74) is 2.10. The average Bonchev–Trinajstić information content (AvgIpc) is 3.49. The van der Waals surface area contributed by atoms with Gasteiger partial charge in [0.25, 0.3) is 5.91 Å². The fraction of sp³-hybridized carbons (Fsp3) is 0.364. The third kappa shape index (κ3) is 7.01. The van der Waals surface area contributed by atoms with Crippen LogP contribution in [0, 0.1) is 0 Å². The minimum Gasteiger partial charge on any atom is -0.405 e. The third-order valence-corrected chi connectivity index (χ3v) is 4.95. The molecule has 0 aromatic heterocycles. The predicted molar refractivity (Wildman–Crippen MR) is 127 cm³/mol. The maximum atomic E-state index is 12.6. The van der Waals surface area contributed by atoms with Gasteiger partial charge in [-0.15, -0.1) is 37.1 Å². The zero-order valence-electron chi connectivity index (χ0n) is 17.9. The van der Waals surface area contributed by atoms with Crippen LogP contribution in [0.1, 0.15) is 33.8 Å². The van der Waals surface area contributed by atoms with Crippen molar-refractivity contribution < 1.29 is 22.7 Å². The van der Waals surface area contributed by atoms with Crippen molar-refractivity contribution in [1.82, 2.24) is 15.5 Å². The number of rotatable bonds is 6. The first-order valence-corrected chi connectivity index (χ1v) is 9.80. The SMILES string of the molecule is CN=C(NCc1ccc(C(=O)N(C)C)cc1)NC1CC1c1ccccc1OC(F)(F)F.I. The second kappa shape index (κ2) is 10.9. The molecular formula is C22H26F3IN4O2. The number of hydrogen-bond donors (Lipinski definition) is 2. The Morgan fingerprint density at radius 2 is 1.81 bits per heavy atom. The van der Waals surface area contributed by atoms with Crippen molar-refractivity contribution in [3.63, 3.8) is 0 Å². The number of alkyl halides is 3. The number of amides is 1. The first-order valence-electron chi connectivity index (χ1n) is 9.80. The van der Waals surface area contributed by atoms with Gasteiger partial charge in [0, 0.05) is 45.2 Å². The Hall–Kier alpha value is -2.50. The minimum atomic E-state index is -4.72. The van der Waals surface area contributed by atoms with Crippen LogP contribution in [-0.4, -0.2) is 50.3 Å². The van der Waals surface area contributed by atoms with Gasteiger partial charge in [-0.1, -0.05) is 30.3 Å². The van der Waals surface area contributed by atoms with Crippen molar-refractivity contribution in [1.29, 1.82) is 0 Å². The van der Waals surface area contributed by atoms with Crippen LogP contribution in [0.25, 0.3) is 0 Å². The van der Waals surface area contributed by atoms with Crippen LogP contribution >= 0.6 is 24.0 Å². The molecule has 1 aliphatic carbocycles. The summed E-state index contributed by atoms with van der Waals surface area (Å²) in [4.78, 5) is 17.7. The van der Waals surface area contributed by atoms with Gasteiger partial charge in [0.05, 0.1) is 0 Å². The molecule has 0 bridgehead atoms. The van der Waals surface area contributed by atoms with Gasteiger partial charge < -0.3 is 20.3 Å². The molecule has 0 saturated heterocycles. The lowest BCUT2D eigenvalue weighted by atomic mass is 10.1. The zero-order chi connectivity index (χ0) is 22.6. The molecule has 1 saturated carbocycles. The van der Waals surface area contributed by atoms with E-state index < -0.39 is 6.36 Å². The summed E-state index contributed by atoms with van der Waals surface area (Å²) in [6.45, 7) is 0.487. The van der Waals surface area contributed by atoms with Gasteiger partial charge in [-0.05, 0) is 35.7 Å². The quantitative estimate of drug-likeness (QED) is 0.316. The van der Waals surface area contributed by atoms with Crippen molar-refractivity contribution in [2.24, 2.45) is 4.99 Å². The summed E-state index contributed by atoms with van der Waals surface area (Å²) < 4.78 is 42.1. The van der Waals surface area contributed by atoms with Crippen LogP contribution in [0.3, 0.4) is 0 Å². The van der Waals surface area contributed by atoms with Crippen LogP contribution in [0.4, 0.5) is 13.2 Å². The lowest BCUT2D eigenvalue weighted by molar-refractivity contribution is -0.274. The van der Waals surface area contributed by atoms with E-state index in [-0.39, 0.29) is 47.6 Å². The summed E-state index contributed by atoms with van der Waals surface area (Å²) in [7, 11) is 5.03. The minimum absolute atomic E-state index is 0. The Morgan fingerprint density at radius 3 is 2.41 bits per heavy atom. The monoisotopic (exact) mass is 562 g/mol. The lowest BCUT2D eigenvalue weighted by Crippen LogP contribution is -2.38. The highest BCUT2D eigenvalue weighted by molar-refractivity contribution is 14.0. The molecule has 1 fully saturated rings. The van der Waals surface area contributed by atoms with Gasteiger partial charge in [0.15, 0.2) is 5.96 Å². The fourth-order valence-corrected chi connectivity index (χ4v) is 3.28. The van der Waals surface area contributed by atoms with Crippen LogP contribution in [0.2, 0.25) is 0 Å². The Bertz CT molecular complexity index is 949. The summed E-state index contributed by atoms with van der Waals surface area (Å²) in [5, 5.41) is 6.42. The molecule has 0 radical (unpaired) electrons. The molecule has 2 unspecified atom stereocenters. The molecule has 0 spiro atoms. The number of hydrogen-bond acceptors (Lipinski definition) is 3. The van der Waals surface area contributed by atoms with Gasteiger partial charge in [-0.2, -0.15) is 0 Å². The molecule has 2 aromatic carbocycles. The van der Waals surface area contributed by atoms with Gasteiger partial charge in [0.2, 0.25) is 0 Å². The number of carbonyl (C=O) groups is 1. The standard InChI is InChI=1S/C22H25F3N4O2.HI/c1-26-21(27-13-14-8-10-15(11-9-14)20(30)29(2)3)28-18-12-17(18)16-6-4-5-7-19(16)31-22(23,24)25;/h4-11,17-18H,12-13H2,1-3H3,(H2,26,27,28);1H. The maximum Gasteiger partial charge on any atom is 0.573 e. The van der Waals surface area contributed by atoms with Crippen LogP contribution in [-0.2, 0) is 6.54 Å². The van der Waals surface area contributed by atoms with E-state index in [2.05, 4.69) is 20.4 Å². The molecule has 0 aliphatic heterocycles. The molecule has 1 amide bonds. The van der Waals surface area contributed by atoms with Gasteiger partial charge in [-0.25, -0.2) is 0 Å². The summed E-state index contributed by atoms with van der Waals surface area (Å²) in [5.74, 6) is 0.231. The maximum absolute atomic E-state index is 12.6. The number of guanidine groups is 1. The van der Waals surface area contributed by atoms with Gasteiger partial charge in [-0.3, -0.25) is 9.79 Å². The second-order valence-electron chi connectivity index (χ2n) is 7.50. The summed E-state index contributed by atoms with van der Waals surface area (Å²) in [6, 6.07) is 13.4. The normalized spacial score (nSPS) is 17.8. The molecule has 1 aliphatic rings. The number of para-hydroxylation sites is 1. The van der Waals surface area contributed by atoms with E-state index in [9.17, 15) is 18.0 Å². The smallest absolute Gasteiger partial charge is 0.405 e. The van der Waals surface area contributed by atoms with E-state index in [4.69, 9.17) is 0 Å². The second-order valence-corrected chi connectivity index (χ2v) is 7.50. The van der Waals surface area contributed by atoms with Crippen molar-refractivity contribution in [3.8, 4) is 5.75 Å². The molecule has 0 heterocycles. The molecule has 2 N–H and O–H groups in total. The van der Waals surface area contributed by atoms with Gasteiger partial charge >= 0.3 is 6.36 Å². The highest BCUT2D eigenvalue weighted by atomic mass is 127. The Labute approximate surface area is 202 Å². The van der Waals surface area contributed by atoms with E-state index in [1.165, 1.54) is 17.0 Å². The van der Waals surface area contributed by atoms with E-state index in [1.807, 2.05) is 12.1 Å². The number of aliphatic imine (C=N–C) groups is 1. The molecule has 10 heteroatoms. The Kier molecular flexibility index (Phi) is 8.76. The highest BCUT2D eigenvalue weighted by Gasteiger charge is 2.42. The van der Waals surface area contributed by atoms with E-state index >= 15 is 0 Å². The first kappa shape index (κ1) is 25.8. The summed E-state index contributed by atoms with van der Waals surface area (Å²) in [6.07, 6.45) is -4.04. The number of nitrogens with one attached hydrogen (secondary N) is 2. The number of carbonyl (C=O) groups excluding carboxylic acids is 1. The highest BCUT2D eigenvalue weighted by Crippen LogP contribution is 2.45. The number of halogens is 4. The van der Waals surface area contributed by atoms with E-state index in [1.54, 1.807) is 45.4 Å². The van der Waals surface area contributed by atoms with Crippen LogP contribution < -0.4 is 15.4 Å². The molecule has 2 aromatic rings. The van der Waals surface area contributed by atoms with Crippen LogP contribution in [0.5, 0.6) is 5.75 Å². The third-order valence-electron chi connectivity index (χ3n) is 4.95. The molecule has 32 heavy (non-hydrogen) atoms. The molecule has 6 nitrogen and oxygen atoms in total. The van der Waals surface area contributed by atoms with E-state index in [0.717, 1.165) is 5.56 Å². The van der Waals surface area contributed by atoms with Gasteiger partial charge in [0.1, 0.15) is 5.75 Å². The predicted octanol–water partition coefficient (Wildman–Crippen LogP) is 4.13. The number of benzene rings is 2. The molecule has 174 valence electrons. The van der Waals surface area contributed by atoms with Crippen LogP contribution in [0.15, 0.2) is 53.5 Å². The average molecular weight is 562 g/mol. The molecular weight excluding hydrogens is 536 g/mol. The van der Waals surface area contributed by atoms with Crippen molar-refractivity contribution >= 4 is 35.8 Å². The number of ether oxygens (including phenoxy) is 1. The van der Waals surface area contributed by atoms with Crippen molar-refractivity contribution in [3.05, 3.63) is 65.2 Å². The number of nitrogens with zero attached hydrogens (tertiary/aromatic N) is 2. The fourth-order valence-electron chi connectivity index (χ4n) is 3.28. The molecule has 2 atom stereocenters. The van der Waals surface area contributed by atoms with Crippen molar-refractivity contribution in [2.45, 2.75) is 31.3 Å². The topological polar surface area (TPSA) is 66.0 Å². The molecule has 3 rings (SSSR count). The van der Waals surface area contributed by atoms with E-state index in [0.29, 0.717) is 30.1 Å². The summed E-state index contributed by atoms with van der Waals surface area (Å²) >= 11 is 0. The first-order chi connectivity index (χ1) is 14.7.